The summed E-state index contributed by atoms with van der Waals surface area (Å²) in [5, 5.41) is 3.39. The fraction of sp³-hybridized carbons (Fsp3) is 0.450. The van der Waals surface area contributed by atoms with Gasteiger partial charge in [0, 0.05) is 30.2 Å². The van der Waals surface area contributed by atoms with Gasteiger partial charge in [-0.05, 0) is 37.8 Å². The maximum absolute atomic E-state index is 12.9. The van der Waals surface area contributed by atoms with Gasteiger partial charge in [-0.2, -0.15) is 0 Å². The minimum atomic E-state index is -0.0262. The van der Waals surface area contributed by atoms with Crippen molar-refractivity contribution in [3.8, 4) is 0 Å². The number of anilines is 2. The minimum Gasteiger partial charge on any atom is -0.351 e. The maximum Gasteiger partial charge on any atom is 0.261 e. The lowest BCUT2D eigenvalue weighted by Gasteiger charge is -2.23. The lowest BCUT2D eigenvalue weighted by atomic mass is 9.96. The Labute approximate surface area is 148 Å². The van der Waals surface area contributed by atoms with Gasteiger partial charge in [0.1, 0.15) is 0 Å². The number of rotatable bonds is 3. The van der Waals surface area contributed by atoms with Crippen LogP contribution >= 0.6 is 0 Å². The molecule has 0 radical (unpaired) electrons. The lowest BCUT2D eigenvalue weighted by Crippen LogP contribution is -2.35. The summed E-state index contributed by atoms with van der Waals surface area (Å²) in [6, 6.07) is 8.72. The third-order valence-electron chi connectivity index (χ3n) is 5.26. The second-order valence-corrected chi connectivity index (χ2v) is 7.13. The first-order valence-corrected chi connectivity index (χ1v) is 9.22. The Morgan fingerprint density at radius 2 is 1.84 bits per heavy atom. The molecule has 5 heteroatoms. The van der Waals surface area contributed by atoms with E-state index in [0.29, 0.717) is 17.6 Å². The molecule has 1 saturated carbocycles. The van der Waals surface area contributed by atoms with Crippen molar-refractivity contribution in [2.45, 2.75) is 57.5 Å². The Bertz CT molecular complexity index is 753. The van der Waals surface area contributed by atoms with Crippen LogP contribution in [0.3, 0.4) is 0 Å². The molecule has 1 N–H and O–H groups in total. The molecule has 2 aromatic rings. The number of aromatic nitrogens is 2. The van der Waals surface area contributed by atoms with E-state index in [-0.39, 0.29) is 11.9 Å². The van der Waals surface area contributed by atoms with Gasteiger partial charge >= 0.3 is 0 Å². The van der Waals surface area contributed by atoms with Gasteiger partial charge in [0.2, 0.25) is 5.95 Å². The van der Waals surface area contributed by atoms with Gasteiger partial charge in [0.15, 0.2) is 0 Å². The molecule has 1 aliphatic carbocycles. The van der Waals surface area contributed by atoms with E-state index in [0.717, 1.165) is 12.1 Å². The van der Waals surface area contributed by atoms with Gasteiger partial charge in [0.05, 0.1) is 5.56 Å². The summed E-state index contributed by atoms with van der Waals surface area (Å²) in [7, 11) is 0. The van der Waals surface area contributed by atoms with E-state index in [4.69, 9.17) is 0 Å². The largest absolute Gasteiger partial charge is 0.351 e. The zero-order valence-electron chi connectivity index (χ0n) is 14.6. The molecule has 1 fully saturated rings. The molecule has 5 nitrogen and oxygen atoms in total. The zero-order chi connectivity index (χ0) is 17.2. The van der Waals surface area contributed by atoms with Crippen LogP contribution in [0.25, 0.3) is 0 Å². The molecule has 0 spiro atoms. The van der Waals surface area contributed by atoms with Crippen molar-refractivity contribution in [2.75, 3.05) is 10.2 Å². The van der Waals surface area contributed by atoms with Crippen LogP contribution in [0.2, 0.25) is 0 Å². The first-order chi connectivity index (χ1) is 12.2. The maximum atomic E-state index is 12.9. The first-order valence-electron chi connectivity index (χ1n) is 9.22. The number of carbonyl (C=O) groups excluding carboxylic acids is 1. The Hall–Kier alpha value is -2.43. The number of hydrogen-bond donors (Lipinski definition) is 1. The average Bonchev–Trinajstić information content (AvgIpc) is 2.98. The van der Waals surface area contributed by atoms with Crippen LogP contribution in [0.4, 0.5) is 11.6 Å². The van der Waals surface area contributed by atoms with Crippen molar-refractivity contribution >= 4 is 17.5 Å². The first kappa shape index (κ1) is 16.1. The molecular weight excluding hydrogens is 312 g/mol. The van der Waals surface area contributed by atoms with Gasteiger partial charge in [0.25, 0.3) is 5.91 Å². The summed E-state index contributed by atoms with van der Waals surface area (Å²) in [5.41, 5.74) is 2.77. The van der Waals surface area contributed by atoms with Gasteiger partial charge in [-0.15, -0.1) is 0 Å². The summed E-state index contributed by atoms with van der Waals surface area (Å²) in [4.78, 5) is 23.6. The van der Waals surface area contributed by atoms with Gasteiger partial charge in [-0.25, -0.2) is 9.97 Å². The summed E-state index contributed by atoms with van der Waals surface area (Å²) in [5.74, 6) is 0.597. The topological polar surface area (TPSA) is 58.1 Å². The quantitative estimate of drug-likeness (QED) is 0.926. The highest BCUT2D eigenvalue weighted by atomic mass is 16.2. The molecule has 0 saturated heterocycles. The predicted octanol–water partition coefficient (Wildman–Crippen LogP) is 3.81. The number of nitrogens with zero attached hydrogens (tertiary/aromatic N) is 3. The van der Waals surface area contributed by atoms with Crippen LogP contribution in [0.5, 0.6) is 0 Å². The third-order valence-corrected chi connectivity index (χ3v) is 5.26. The highest BCUT2D eigenvalue weighted by molar-refractivity contribution is 6.07. The van der Waals surface area contributed by atoms with Crippen LogP contribution < -0.4 is 10.2 Å². The van der Waals surface area contributed by atoms with E-state index in [1.807, 2.05) is 23.1 Å². The van der Waals surface area contributed by atoms with Crippen LogP contribution in [-0.2, 0) is 6.42 Å². The van der Waals surface area contributed by atoms with Crippen LogP contribution in [0.15, 0.2) is 36.7 Å². The van der Waals surface area contributed by atoms with Crippen LogP contribution in [-0.4, -0.2) is 28.0 Å². The number of fused-ring (bicyclic) bond motifs is 1. The monoisotopic (exact) mass is 336 g/mol. The SMILES string of the molecule is CC1Cc2ccccc2N1C(=O)c1cnc(NC2CCCCC2)nc1. The van der Waals surface area contributed by atoms with E-state index in [1.165, 1.54) is 37.7 Å². The lowest BCUT2D eigenvalue weighted by molar-refractivity contribution is 0.0981. The summed E-state index contributed by atoms with van der Waals surface area (Å²) >= 11 is 0. The Balaban J connectivity index is 1.49. The molecule has 1 atom stereocenters. The Morgan fingerprint density at radius 3 is 2.60 bits per heavy atom. The van der Waals surface area contributed by atoms with Crippen molar-refractivity contribution in [3.63, 3.8) is 0 Å². The fourth-order valence-electron chi connectivity index (χ4n) is 3.96. The number of para-hydroxylation sites is 1. The molecule has 2 heterocycles. The van der Waals surface area contributed by atoms with Gasteiger partial charge in [-0.1, -0.05) is 37.5 Å². The van der Waals surface area contributed by atoms with Crippen molar-refractivity contribution in [2.24, 2.45) is 0 Å². The molecule has 1 amide bonds. The molecule has 25 heavy (non-hydrogen) atoms. The predicted molar refractivity (Wildman–Crippen MR) is 98.9 cm³/mol. The summed E-state index contributed by atoms with van der Waals surface area (Å²) in [6.07, 6.45) is 10.4. The molecule has 130 valence electrons. The molecule has 1 aromatic carbocycles. The number of carbonyl (C=O) groups is 1. The van der Waals surface area contributed by atoms with E-state index < -0.39 is 0 Å². The van der Waals surface area contributed by atoms with Crippen molar-refractivity contribution < 1.29 is 4.79 Å². The second kappa shape index (κ2) is 6.82. The second-order valence-electron chi connectivity index (χ2n) is 7.13. The zero-order valence-corrected chi connectivity index (χ0v) is 14.6. The Kier molecular flexibility index (Phi) is 4.38. The van der Waals surface area contributed by atoms with E-state index >= 15 is 0 Å². The highest BCUT2D eigenvalue weighted by Crippen LogP contribution is 2.32. The third kappa shape index (κ3) is 3.23. The molecule has 4 rings (SSSR count). The molecule has 0 bridgehead atoms. The van der Waals surface area contributed by atoms with Gasteiger partial charge in [-0.3, -0.25) is 4.79 Å². The highest BCUT2D eigenvalue weighted by Gasteiger charge is 2.31. The average molecular weight is 336 g/mol. The smallest absolute Gasteiger partial charge is 0.261 e. The van der Waals surface area contributed by atoms with Crippen LogP contribution in [0.1, 0.15) is 54.9 Å². The van der Waals surface area contributed by atoms with Gasteiger partial charge < -0.3 is 10.2 Å². The number of nitrogens with one attached hydrogen (secondary N) is 1. The number of benzene rings is 1. The van der Waals surface area contributed by atoms with E-state index in [2.05, 4.69) is 28.3 Å². The van der Waals surface area contributed by atoms with Crippen molar-refractivity contribution in [3.05, 3.63) is 47.8 Å². The molecule has 2 aliphatic rings. The molecule has 1 aromatic heterocycles. The van der Waals surface area contributed by atoms with Crippen molar-refractivity contribution in [1.82, 2.24) is 9.97 Å². The van der Waals surface area contributed by atoms with E-state index in [1.54, 1.807) is 12.4 Å². The molecule has 1 unspecified atom stereocenters. The number of amides is 1. The summed E-state index contributed by atoms with van der Waals surface area (Å²) in [6.45, 7) is 2.08. The Morgan fingerprint density at radius 1 is 1.12 bits per heavy atom. The van der Waals surface area contributed by atoms with E-state index in [9.17, 15) is 4.79 Å². The summed E-state index contributed by atoms with van der Waals surface area (Å²) < 4.78 is 0. The molecular formula is C20H24N4O. The van der Waals surface area contributed by atoms with Crippen molar-refractivity contribution in [1.29, 1.82) is 0 Å². The normalized spacial score (nSPS) is 20.4. The van der Waals surface area contributed by atoms with Crippen LogP contribution in [0, 0.1) is 0 Å². The standard InChI is InChI=1S/C20H24N4O/c1-14-11-15-7-5-6-10-18(15)24(14)19(25)16-12-21-20(22-13-16)23-17-8-3-2-4-9-17/h5-7,10,12-14,17H,2-4,8-9,11H2,1H3,(H,21,22,23). The molecule has 1 aliphatic heterocycles. The fourth-order valence-corrected chi connectivity index (χ4v) is 3.96. The minimum absolute atomic E-state index is 0.0262. The number of hydrogen-bond acceptors (Lipinski definition) is 4.